The Morgan fingerprint density at radius 2 is 2.12 bits per heavy atom. The molecule has 0 bridgehead atoms. The maximum Gasteiger partial charge on any atom is 0.109 e. The topological polar surface area (TPSA) is 49.7 Å². The van der Waals surface area contributed by atoms with Crippen LogP contribution in [0.2, 0.25) is 10.0 Å². The van der Waals surface area contributed by atoms with Crippen LogP contribution in [0.3, 0.4) is 0 Å². The lowest BCUT2D eigenvalue weighted by atomic mass is 10.2. The Hall–Kier alpha value is 0.0300. The monoisotopic (exact) mass is 294 g/mol. The number of thioether (sulfide) groups is 1. The van der Waals surface area contributed by atoms with Gasteiger partial charge in [-0.25, -0.2) is 0 Å². The molecule has 3 nitrogen and oxygen atoms in total. The average molecular weight is 295 g/mol. The van der Waals surface area contributed by atoms with Gasteiger partial charge in [-0.15, -0.1) is 11.8 Å². The van der Waals surface area contributed by atoms with E-state index >= 15 is 0 Å². The molecule has 6 heteroatoms. The first-order valence-corrected chi connectivity index (χ1v) is 6.87. The van der Waals surface area contributed by atoms with Gasteiger partial charge in [-0.3, -0.25) is 0 Å². The van der Waals surface area contributed by atoms with Crippen molar-refractivity contribution in [1.82, 2.24) is 0 Å². The molecule has 1 aromatic rings. The maximum absolute atomic E-state index is 9.61. The predicted molar refractivity (Wildman–Crippen MR) is 68.9 cm³/mol. The second-order valence-electron chi connectivity index (χ2n) is 3.82. The highest BCUT2D eigenvalue weighted by Crippen LogP contribution is 2.31. The van der Waals surface area contributed by atoms with Crippen molar-refractivity contribution in [3.8, 4) is 0 Å². The average Bonchev–Trinajstić information content (AvgIpc) is 2.59. The summed E-state index contributed by atoms with van der Waals surface area (Å²) in [6.45, 7) is 0.181. The second-order valence-corrected chi connectivity index (χ2v) is 5.72. The minimum Gasteiger partial charge on any atom is -0.388 e. The molecule has 1 fully saturated rings. The summed E-state index contributed by atoms with van der Waals surface area (Å²) in [4.78, 5) is 0.883. The van der Waals surface area contributed by atoms with Gasteiger partial charge in [0, 0.05) is 15.7 Å². The SMILES string of the molecule is OC1COC(CSc2ccc(Cl)cc2Cl)C1O. The van der Waals surface area contributed by atoms with E-state index in [-0.39, 0.29) is 12.7 Å². The summed E-state index contributed by atoms with van der Waals surface area (Å²) in [6, 6.07) is 5.26. The molecular weight excluding hydrogens is 283 g/mol. The van der Waals surface area contributed by atoms with Crippen molar-refractivity contribution in [3.05, 3.63) is 28.2 Å². The molecule has 1 heterocycles. The van der Waals surface area contributed by atoms with Crippen molar-refractivity contribution in [1.29, 1.82) is 0 Å². The van der Waals surface area contributed by atoms with E-state index in [1.165, 1.54) is 11.8 Å². The highest BCUT2D eigenvalue weighted by atomic mass is 35.5. The molecule has 17 heavy (non-hydrogen) atoms. The van der Waals surface area contributed by atoms with Crippen LogP contribution in [0, 0.1) is 0 Å². The molecule has 3 unspecified atom stereocenters. The Morgan fingerprint density at radius 3 is 2.71 bits per heavy atom. The summed E-state index contributed by atoms with van der Waals surface area (Å²) in [5.41, 5.74) is 0. The van der Waals surface area contributed by atoms with Gasteiger partial charge in [-0.05, 0) is 18.2 Å². The minimum atomic E-state index is -0.825. The van der Waals surface area contributed by atoms with E-state index in [1.54, 1.807) is 12.1 Å². The van der Waals surface area contributed by atoms with Crippen LogP contribution >= 0.6 is 35.0 Å². The summed E-state index contributed by atoms with van der Waals surface area (Å²) >= 11 is 13.3. The van der Waals surface area contributed by atoms with Gasteiger partial charge < -0.3 is 14.9 Å². The first kappa shape index (κ1) is 13.5. The third kappa shape index (κ3) is 3.28. The van der Waals surface area contributed by atoms with Crippen molar-refractivity contribution >= 4 is 35.0 Å². The Morgan fingerprint density at radius 1 is 1.35 bits per heavy atom. The number of benzene rings is 1. The van der Waals surface area contributed by atoms with Gasteiger partial charge in [-0.1, -0.05) is 23.2 Å². The number of hydrogen-bond donors (Lipinski definition) is 2. The van der Waals surface area contributed by atoms with Crippen LogP contribution in [0.25, 0.3) is 0 Å². The van der Waals surface area contributed by atoms with Gasteiger partial charge in [-0.2, -0.15) is 0 Å². The van der Waals surface area contributed by atoms with Crippen LogP contribution in [0.5, 0.6) is 0 Å². The van der Waals surface area contributed by atoms with Crippen LogP contribution in [-0.2, 0) is 4.74 Å². The lowest BCUT2D eigenvalue weighted by Gasteiger charge is -2.14. The van der Waals surface area contributed by atoms with Gasteiger partial charge in [0.1, 0.15) is 12.2 Å². The fraction of sp³-hybridized carbons (Fsp3) is 0.455. The Kier molecular flexibility index (Phi) is 4.58. The summed E-state index contributed by atoms with van der Waals surface area (Å²) in [7, 11) is 0. The quantitative estimate of drug-likeness (QED) is 0.839. The lowest BCUT2D eigenvalue weighted by Crippen LogP contribution is -2.31. The fourth-order valence-corrected chi connectivity index (χ4v) is 3.15. The molecular formula is C11H12Cl2O3S. The summed E-state index contributed by atoms with van der Waals surface area (Å²) in [6.07, 6.45) is -1.98. The van der Waals surface area contributed by atoms with Crippen LogP contribution in [0.1, 0.15) is 0 Å². The lowest BCUT2D eigenvalue weighted by molar-refractivity contribution is 0.0337. The van der Waals surface area contributed by atoms with Crippen molar-refractivity contribution < 1.29 is 14.9 Å². The Balaban J connectivity index is 1.94. The maximum atomic E-state index is 9.61. The smallest absolute Gasteiger partial charge is 0.109 e. The first-order valence-electron chi connectivity index (χ1n) is 5.13. The predicted octanol–water partition coefficient (Wildman–Crippen LogP) is 2.21. The number of halogens is 2. The molecule has 0 aromatic heterocycles. The van der Waals surface area contributed by atoms with E-state index in [2.05, 4.69) is 0 Å². The van der Waals surface area contributed by atoms with Crippen molar-refractivity contribution in [2.24, 2.45) is 0 Å². The fourth-order valence-electron chi connectivity index (χ4n) is 1.58. The van der Waals surface area contributed by atoms with E-state index in [0.717, 1.165) is 4.90 Å². The number of aliphatic hydroxyl groups is 2. The highest BCUT2D eigenvalue weighted by molar-refractivity contribution is 7.99. The van der Waals surface area contributed by atoms with Crippen LogP contribution < -0.4 is 0 Å². The van der Waals surface area contributed by atoms with Crippen LogP contribution in [0.4, 0.5) is 0 Å². The van der Waals surface area contributed by atoms with Gasteiger partial charge in [0.2, 0.25) is 0 Å². The second kappa shape index (κ2) is 5.78. The molecule has 1 aliphatic rings. The van der Waals surface area contributed by atoms with Gasteiger partial charge in [0.05, 0.1) is 17.7 Å². The third-order valence-corrected chi connectivity index (χ3v) is 4.38. The van der Waals surface area contributed by atoms with E-state index in [1.807, 2.05) is 6.07 Å². The normalized spacial score (nSPS) is 28.6. The molecule has 0 radical (unpaired) electrons. The molecule has 1 aliphatic heterocycles. The molecule has 0 aliphatic carbocycles. The molecule has 1 aromatic carbocycles. The van der Waals surface area contributed by atoms with Crippen molar-refractivity contribution in [2.75, 3.05) is 12.4 Å². The molecule has 0 amide bonds. The zero-order valence-corrected chi connectivity index (χ0v) is 11.2. The Bertz CT molecular complexity index is 402. The molecule has 3 atom stereocenters. The molecule has 2 rings (SSSR count). The highest BCUT2D eigenvalue weighted by Gasteiger charge is 2.34. The third-order valence-electron chi connectivity index (χ3n) is 2.55. The summed E-state index contributed by atoms with van der Waals surface area (Å²) in [5, 5.41) is 20.1. The Labute approximate surface area is 114 Å². The van der Waals surface area contributed by atoms with Crippen molar-refractivity contribution in [2.45, 2.75) is 23.2 Å². The largest absolute Gasteiger partial charge is 0.388 e. The standard InChI is InChI=1S/C11H12Cl2O3S/c12-6-1-2-10(7(13)3-6)17-5-9-11(15)8(14)4-16-9/h1-3,8-9,11,14-15H,4-5H2. The van der Waals surface area contributed by atoms with E-state index in [4.69, 9.17) is 27.9 Å². The molecule has 0 spiro atoms. The molecule has 0 saturated carbocycles. The van der Waals surface area contributed by atoms with Gasteiger partial charge >= 0.3 is 0 Å². The molecule has 2 N–H and O–H groups in total. The molecule has 94 valence electrons. The number of aliphatic hydroxyl groups excluding tert-OH is 2. The van der Waals surface area contributed by atoms with Crippen molar-refractivity contribution in [3.63, 3.8) is 0 Å². The van der Waals surface area contributed by atoms with E-state index in [9.17, 15) is 10.2 Å². The summed E-state index contributed by atoms with van der Waals surface area (Å²) < 4.78 is 5.27. The summed E-state index contributed by atoms with van der Waals surface area (Å²) in [5.74, 6) is 0.541. The number of ether oxygens (including phenoxy) is 1. The van der Waals surface area contributed by atoms with Gasteiger partial charge in [0.25, 0.3) is 0 Å². The van der Waals surface area contributed by atoms with Crippen LogP contribution in [0.15, 0.2) is 23.1 Å². The van der Waals surface area contributed by atoms with E-state index < -0.39 is 12.2 Å². The first-order chi connectivity index (χ1) is 8.08. The number of rotatable bonds is 3. The number of hydrogen-bond acceptors (Lipinski definition) is 4. The van der Waals surface area contributed by atoms with Gasteiger partial charge in [0.15, 0.2) is 0 Å². The van der Waals surface area contributed by atoms with E-state index in [0.29, 0.717) is 15.8 Å². The zero-order valence-electron chi connectivity index (χ0n) is 8.85. The zero-order chi connectivity index (χ0) is 12.4. The minimum absolute atomic E-state index is 0.181. The molecule has 1 saturated heterocycles. The van der Waals surface area contributed by atoms with Crippen LogP contribution in [-0.4, -0.2) is 40.9 Å².